The Labute approximate surface area is 170 Å². The Hall–Kier alpha value is -2.29. The van der Waals surface area contributed by atoms with Crippen LogP contribution in [0.25, 0.3) is 0 Å². The number of benzene rings is 1. The highest BCUT2D eigenvalue weighted by Crippen LogP contribution is 2.29. The van der Waals surface area contributed by atoms with E-state index in [1.807, 2.05) is 12.3 Å². The number of rotatable bonds is 7. The van der Waals surface area contributed by atoms with E-state index in [1.165, 1.54) is 0 Å². The molecule has 1 saturated heterocycles. The predicted molar refractivity (Wildman–Crippen MR) is 107 cm³/mol. The van der Waals surface area contributed by atoms with Crippen LogP contribution in [-0.2, 0) is 10.3 Å². The minimum absolute atomic E-state index is 0. The number of hydrogen-bond donors (Lipinski definition) is 3. The zero-order chi connectivity index (χ0) is 19.3. The lowest BCUT2D eigenvalue weighted by Gasteiger charge is -2.36. The molecule has 2 heterocycles. The van der Waals surface area contributed by atoms with E-state index in [-0.39, 0.29) is 24.9 Å². The molecule has 0 spiro atoms. The molecule has 0 aliphatic carbocycles. The van der Waals surface area contributed by atoms with Crippen molar-refractivity contribution >= 4 is 18.3 Å². The van der Waals surface area contributed by atoms with Crippen molar-refractivity contribution in [3.63, 3.8) is 0 Å². The number of aliphatic hydroxyl groups is 1. The summed E-state index contributed by atoms with van der Waals surface area (Å²) in [6.07, 6.45) is 3.89. The van der Waals surface area contributed by atoms with Gasteiger partial charge in [-0.25, -0.2) is 0 Å². The minimum Gasteiger partial charge on any atom is -0.497 e. The summed E-state index contributed by atoms with van der Waals surface area (Å²) in [7, 11) is 3.11. The van der Waals surface area contributed by atoms with Crippen LogP contribution in [0.2, 0.25) is 0 Å². The number of carbonyl (C=O) groups excluding carboxylic acids is 1. The average molecular weight is 411 g/mol. The van der Waals surface area contributed by atoms with Crippen molar-refractivity contribution < 1.29 is 19.4 Å². The first-order chi connectivity index (χ1) is 13.1. The van der Waals surface area contributed by atoms with Gasteiger partial charge in [0.05, 0.1) is 20.3 Å². The number of halogens is 1. The van der Waals surface area contributed by atoms with Crippen LogP contribution in [0.1, 0.15) is 24.5 Å². The Kier molecular flexibility index (Phi) is 7.68. The summed E-state index contributed by atoms with van der Waals surface area (Å²) in [5.41, 5.74) is -0.120. The predicted octanol–water partition coefficient (Wildman–Crippen LogP) is 1.25. The van der Waals surface area contributed by atoms with E-state index in [1.54, 1.807) is 43.3 Å². The molecule has 1 fully saturated rings. The maximum atomic E-state index is 13.0. The fraction of sp³-hybridized carbons (Fsp3) is 0.474. The van der Waals surface area contributed by atoms with Gasteiger partial charge < -0.3 is 25.2 Å². The normalized spacial score (nSPS) is 16.5. The first-order valence-corrected chi connectivity index (χ1v) is 8.99. The van der Waals surface area contributed by atoms with Crippen LogP contribution in [0, 0.1) is 0 Å². The Morgan fingerprint density at radius 3 is 2.46 bits per heavy atom. The molecule has 3 N–H and O–H groups in total. The first kappa shape index (κ1) is 22.0. The summed E-state index contributed by atoms with van der Waals surface area (Å²) < 4.78 is 12.2. The Balaban J connectivity index is 0.00000280. The quantitative estimate of drug-likeness (QED) is 0.635. The molecule has 8 nitrogen and oxygen atoms in total. The average Bonchev–Trinajstić information content (AvgIpc) is 3.27. The van der Waals surface area contributed by atoms with Crippen molar-refractivity contribution in [1.29, 1.82) is 0 Å². The molecular weight excluding hydrogens is 384 g/mol. The first-order valence-electron chi connectivity index (χ1n) is 8.99. The van der Waals surface area contributed by atoms with E-state index >= 15 is 0 Å². The van der Waals surface area contributed by atoms with Crippen LogP contribution in [0.3, 0.4) is 0 Å². The lowest BCUT2D eigenvalue weighted by Crippen LogP contribution is -2.55. The van der Waals surface area contributed by atoms with Crippen LogP contribution in [-0.4, -0.2) is 54.6 Å². The van der Waals surface area contributed by atoms with E-state index in [0.29, 0.717) is 29.9 Å². The Morgan fingerprint density at radius 1 is 1.29 bits per heavy atom. The highest BCUT2D eigenvalue weighted by atomic mass is 35.5. The molecule has 1 amide bonds. The molecule has 1 aromatic heterocycles. The van der Waals surface area contributed by atoms with Crippen molar-refractivity contribution in [3.05, 3.63) is 42.2 Å². The van der Waals surface area contributed by atoms with Gasteiger partial charge in [-0.2, -0.15) is 5.10 Å². The second-order valence-corrected chi connectivity index (χ2v) is 6.60. The monoisotopic (exact) mass is 410 g/mol. The highest BCUT2D eigenvalue weighted by Gasteiger charge is 2.41. The van der Waals surface area contributed by atoms with Crippen LogP contribution >= 0.6 is 12.4 Å². The molecule has 154 valence electrons. The number of nitrogens with one attached hydrogen (secondary N) is 2. The zero-order valence-electron chi connectivity index (χ0n) is 16.1. The minimum atomic E-state index is -0.880. The molecule has 1 aliphatic heterocycles. The maximum absolute atomic E-state index is 13.0. The summed E-state index contributed by atoms with van der Waals surface area (Å²) in [5.74, 6) is 1.03. The number of hydrogen-bond acceptors (Lipinski definition) is 6. The largest absolute Gasteiger partial charge is 0.497 e. The molecule has 1 atom stereocenters. The molecule has 0 radical (unpaired) electrons. The summed E-state index contributed by atoms with van der Waals surface area (Å²) in [6, 6.07) is 7.01. The lowest BCUT2D eigenvalue weighted by atomic mass is 9.87. The van der Waals surface area contributed by atoms with Gasteiger partial charge in [0.25, 0.3) is 0 Å². The van der Waals surface area contributed by atoms with Gasteiger partial charge in [-0.05, 0) is 49.7 Å². The van der Waals surface area contributed by atoms with Crippen molar-refractivity contribution in [2.45, 2.75) is 24.5 Å². The molecule has 3 rings (SSSR count). The zero-order valence-corrected chi connectivity index (χ0v) is 16.9. The van der Waals surface area contributed by atoms with Crippen LogP contribution in [0.15, 0.2) is 36.7 Å². The van der Waals surface area contributed by atoms with E-state index in [0.717, 1.165) is 13.1 Å². The van der Waals surface area contributed by atoms with Gasteiger partial charge in [-0.15, -0.1) is 12.4 Å². The van der Waals surface area contributed by atoms with Gasteiger partial charge >= 0.3 is 0 Å². The lowest BCUT2D eigenvalue weighted by molar-refractivity contribution is -0.132. The molecule has 9 heteroatoms. The third-order valence-electron chi connectivity index (χ3n) is 5.01. The fourth-order valence-corrected chi connectivity index (χ4v) is 3.42. The SMILES string of the molecule is COc1cc(OC)cc(C(O)CNC(=O)C2(n3cccn3)CCNCC2)c1.Cl. The van der Waals surface area contributed by atoms with Crippen molar-refractivity contribution in [2.24, 2.45) is 0 Å². The van der Waals surface area contributed by atoms with E-state index in [4.69, 9.17) is 9.47 Å². The van der Waals surface area contributed by atoms with Crippen LogP contribution in [0.5, 0.6) is 11.5 Å². The van der Waals surface area contributed by atoms with Gasteiger partial charge in [0.1, 0.15) is 17.0 Å². The molecule has 1 aliphatic rings. The number of piperidine rings is 1. The summed E-state index contributed by atoms with van der Waals surface area (Å²) >= 11 is 0. The smallest absolute Gasteiger partial charge is 0.248 e. The van der Waals surface area contributed by atoms with E-state index in [9.17, 15) is 9.90 Å². The maximum Gasteiger partial charge on any atom is 0.248 e. The Morgan fingerprint density at radius 2 is 1.93 bits per heavy atom. The number of aliphatic hydroxyl groups excluding tert-OH is 1. The third-order valence-corrected chi connectivity index (χ3v) is 5.01. The summed E-state index contributed by atoms with van der Waals surface area (Å²) in [5, 5.41) is 21.0. The van der Waals surface area contributed by atoms with Gasteiger partial charge in [-0.3, -0.25) is 9.48 Å². The number of carbonyl (C=O) groups is 1. The summed E-state index contributed by atoms with van der Waals surface area (Å²) in [6.45, 7) is 1.57. The topological polar surface area (TPSA) is 97.6 Å². The van der Waals surface area contributed by atoms with Crippen molar-refractivity contribution in [2.75, 3.05) is 33.9 Å². The Bertz CT molecular complexity index is 741. The molecular formula is C19H27ClN4O4. The number of methoxy groups -OCH3 is 2. The third kappa shape index (κ3) is 4.57. The second-order valence-electron chi connectivity index (χ2n) is 6.60. The fourth-order valence-electron chi connectivity index (χ4n) is 3.42. The molecule has 1 unspecified atom stereocenters. The number of ether oxygens (including phenoxy) is 2. The van der Waals surface area contributed by atoms with Gasteiger partial charge in [0.2, 0.25) is 5.91 Å². The number of amides is 1. The number of aromatic nitrogens is 2. The second kappa shape index (κ2) is 9.77. The van der Waals surface area contributed by atoms with Crippen LogP contribution < -0.4 is 20.1 Å². The van der Waals surface area contributed by atoms with Crippen molar-refractivity contribution in [3.8, 4) is 11.5 Å². The highest BCUT2D eigenvalue weighted by molar-refractivity contribution is 5.85. The van der Waals surface area contributed by atoms with Gasteiger partial charge in [0.15, 0.2) is 0 Å². The molecule has 1 aromatic carbocycles. The van der Waals surface area contributed by atoms with Crippen LogP contribution in [0.4, 0.5) is 0 Å². The van der Waals surface area contributed by atoms with Gasteiger partial charge in [-0.1, -0.05) is 0 Å². The van der Waals surface area contributed by atoms with Crippen molar-refractivity contribution in [1.82, 2.24) is 20.4 Å². The van der Waals surface area contributed by atoms with E-state index in [2.05, 4.69) is 15.7 Å². The van der Waals surface area contributed by atoms with E-state index < -0.39 is 11.6 Å². The molecule has 2 aromatic rings. The number of nitrogens with zero attached hydrogens (tertiary/aromatic N) is 2. The molecule has 28 heavy (non-hydrogen) atoms. The standard InChI is InChI=1S/C19H26N4O4.ClH/c1-26-15-10-14(11-16(12-15)27-2)17(24)13-21-18(25)19(4-7-20-8-5-19)23-9-3-6-22-23;/h3,6,9-12,17,20,24H,4-5,7-8,13H2,1-2H3,(H,21,25);1H. The molecule has 0 saturated carbocycles. The molecule has 0 bridgehead atoms. The summed E-state index contributed by atoms with van der Waals surface area (Å²) in [4.78, 5) is 13.0. The van der Waals surface area contributed by atoms with Gasteiger partial charge in [0, 0.05) is 25.0 Å².